The molecular weight excluding hydrogens is 262 g/mol. The molecule has 0 spiro atoms. The highest BCUT2D eigenvalue weighted by Crippen LogP contribution is 2.31. The number of aromatic hydroxyl groups is 2. The first-order chi connectivity index (χ1) is 9.47. The van der Waals surface area contributed by atoms with E-state index in [1.165, 1.54) is 36.4 Å². The molecule has 0 fully saturated rings. The van der Waals surface area contributed by atoms with Gasteiger partial charge in [0.05, 0.1) is 16.3 Å². The van der Waals surface area contributed by atoms with E-state index in [9.17, 15) is 20.3 Å². The first kappa shape index (κ1) is 13.5. The van der Waals surface area contributed by atoms with Crippen molar-refractivity contribution < 1.29 is 15.1 Å². The molecule has 0 heterocycles. The van der Waals surface area contributed by atoms with Crippen molar-refractivity contribution in [1.82, 2.24) is 0 Å². The molecule has 2 aromatic carbocycles. The molecule has 0 saturated heterocycles. The van der Waals surface area contributed by atoms with Crippen LogP contribution >= 0.6 is 0 Å². The first-order valence-electron chi connectivity index (χ1n) is 5.76. The quantitative estimate of drug-likeness (QED) is 0.296. The summed E-state index contributed by atoms with van der Waals surface area (Å²) < 4.78 is 0. The Hall–Kier alpha value is -2.96. The number of phenols is 2. The molecule has 4 N–H and O–H groups in total. The van der Waals surface area contributed by atoms with E-state index in [-0.39, 0.29) is 17.2 Å². The SMILES string of the molecule is Cc1cc(O)cc(O)c1NNc1ccc([N+](=O)[O-])cc1. The molecule has 0 atom stereocenters. The summed E-state index contributed by atoms with van der Waals surface area (Å²) in [5, 5.41) is 29.6. The monoisotopic (exact) mass is 275 g/mol. The van der Waals surface area contributed by atoms with E-state index >= 15 is 0 Å². The molecule has 20 heavy (non-hydrogen) atoms. The summed E-state index contributed by atoms with van der Waals surface area (Å²) in [6, 6.07) is 8.53. The van der Waals surface area contributed by atoms with Gasteiger partial charge in [-0.15, -0.1) is 0 Å². The molecule has 0 unspecified atom stereocenters. The average Bonchev–Trinajstić information content (AvgIpc) is 2.38. The van der Waals surface area contributed by atoms with Crippen molar-refractivity contribution in [3.8, 4) is 11.5 Å². The predicted octanol–water partition coefficient (Wildman–Crippen LogP) is 2.75. The van der Waals surface area contributed by atoms with Crippen LogP contribution in [0, 0.1) is 17.0 Å². The van der Waals surface area contributed by atoms with Crippen LogP contribution in [-0.2, 0) is 0 Å². The second-order valence-electron chi connectivity index (χ2n) is 4.21. The van der Waals surface area contributed by atoms with Crippen molar-refractivity contribution in [1.29, 1.82) is 0 Å². The van der Waals surface area contributed by atoms with E-state index in [0.29, 0.717) is 16.9 Å². The summed E-state index contributed by atoms with van der Waals surface area (Å²) in [4.78, 5) is 10.0. The zero-order chi connectivity index (χ0) is 14.7. The lowest BCUT2D eigenvalue weighted by atomic mass is 10.2. The molecule has 104 valence electrons. The number of phenolic OH excluding ortho intramolecular Hbond substituents is 2. The zero-order valence-electron chi connectivity index (χ0n) is 10.6. The van der Waals surface area contributed by atoms with Crippen LogP contribution in [0.15, 0.2) is 36.4 Å². The van der Waals surface area contributed by atoms with E-state index in [4.69, 9.17) is 0 Å². The van der Waals surface area contributed by atoms with Crippen molar-refractivity contribution >= 4 is 17.1 Å². The number of hydrogen-bond acceptors (Lipinski definition) is 6. The molecule has 0 aliphatic carbocycles. The third-order valence-electron chi connectivity index (χ3n) is 2.71. The van der Waals surface area contributed by atoms with E-state index in [1.54, 1.807) is 6.92 Å². The molecule has 0 radical (unpaired) electrons. The topological polar surface area (TPSA) is 108 Å². The highest BCUT2D eigenvalue weighted by molar-refractivity contribution is 5.66. The van der Waals surface area contributed by atoms with Gasteiger partial charge in [-0.05, 0) is 30.7 Å². The summed E-state index contributed by atoms with van der Waals surface area (Å²) in [6.45, 7) is 1.72. The van der Waals surface area contributed by atoms with Gasteiger partial charge in [-0.25, -0.2) is 0 Å². The zero-order valence-corrected chi connectivity index (χ0v) is 10.6. The van der Waals surface area contributed by atoms with Gasteiger partial charge in [0.25, 0.3) is 5.69 Å². The van der Waals surface area contributed by atoms with Gasteiger partial charge in [-0.2, -0.15) is 0 Å². The molecule has 0 aliphatic heterocycles. The highest BCUT2D eigenvalue weighted by Gasteiger charge is 2.07. The van der Waals surface area contributed by atoms with Crippen LogP contribution in [-0.4, -0.2) is 15.1 Å². The van der Waals surface area contributed by atoms with Crippen molar-refractivity contribution in [2.45, 2.75) is 6.92 Å². The third kappa shape index (κ3) is 2.89. The maximum atomic E-state index is 10.5. The summed E-state index contributed by atoms with van der Waals surface area (Å²) in [5.74, 6) is -0.127. The molecule has 0 amide bonds. The molecule has 7 nitrogen and oxygen atoms in total. The molecular formula is C13H13N3O4. The van der Waals surface area contributed by atoms with Crippen LogP contribution in [0.2, 0.25) is 0 Å². The minimum Gasteiger partial charge on any atom is -0.508 e. The van der Waals surface area contributed by atoms with Crippen LogP contribution in [0.1, 0.15) is 5.56 Å². The lowest BCUT2D eigenvalue weighted by molar-refractivity contribution is -0.384. The fraction of sp³-hybridized carbons (Fsp3) is 0.0769. The average molecular weight is 275 g/mol. The Morgan fingerprint density at radius 1 is 1.10 bits per heavy atom. The number of aryl methyl sites for hydroxylation is 1. The highest BCUT2D eigenvalue weighted by atomic mass is 16.6. The standard InChI is InChI=1S/C13H13N3O4/c1-8-6-11(17)7-12(18)13(8)15-14-9-2-4-10(5-3-9)16(19)20/h2-7,14-15,17-18H,1H3. The number of nitro groups is 1. The number of nitrogens with zero attached hydrogens (tertiary/aromatic N) is 1. The molecule has 0 bridgehead atoms. The van der Waals surface area contributed by atoms with Crippen molar-refractivity contribution in [2.24, 2.45) is 0 Å². The number of hydrogen-bond donors (Lipinski definition) is 4. The van der Waals surface area contributed by atoms with Crippen LogP contribution in [0.5, 0.6) is 11.5 Å². The number of hydrazine groups is 1. The first-order valence-corrected chi connectivity index (χ1v) is 5.76. The Labute approximate surface area is 114 Å². The molecule has 2 rings (SSSR count). The molecule has 2 aromatic rings. The van der Waals surface area contributed by atoms with Crippen molar-refractivity contribution in [3.63, 3.8) is 0 Å². The van der Waals surface area contributed by atoms with Gasteiger partial charge in [0.15, 0.2) is 0 Å². The van der Waals surface area contributed by atoms with E-state index in [1.807, 2.05) is 0 Å². The van der Waals surface area contributed by atoms with Gasteiger partial charge in [-0.3, -0.25) is 15.5 Å². The second-order valence-corrected chi connectivity index (χ2v) is 4.21. The van der Waals surface area contributed by atoms with Crippen LogP contribution in [0.25, 0.3) is 0 Å². The van der Waals surface area contributed by atoms with Gasteiger partial charge in [-0.1, -0.05) is 0 Å². The van der Waals surface area contributed by atoms with E-state index in [0.717, 1.165) is 0 Å². The number of non-ortho nitro benzene ring substituents is 1. The number of nitrogens with one attached hydrogen (secondary N) is 2. The Morgan fingerprint density at radius 2 is 1.75 bits per heavy atom. The summed E-state index contributed by atoms with van der Waals surface area (Å²) >= 11 is 0. The fourth-order valence-corrected chi connectivity index (χ4v) is 1.71. The lowest BCUT2D eigenvalue weighted by Gasteiger charge is -2.13. The molecule has 0 saturated carbocycles. The van der Waals surface area contributed by atoms with Gasteiger partial charge < -0.3 is 15.6 Å². The van der Waals surface area contributed by atoms with Crippen molar-refractivity contribution in [2.75, 3.05) is 10.9 Å². The largest absolute Gasteiger partial charge is 0.508 e. The van der Waals surface area contributed by atoms with E-state index in [2.05, 4.69) is 10.9 Å². The fourth-order valence-electron chi connectivity index (χ4n) is 1.71. The van der Waals surface area contributed by atoms with Gasteiger partial charge in [0.2, 0.25) is 0 Å². The minimum absolute atomic E-state index is 0.000730. The Bertz CT molecular complexity index is 618. The maximum absolute atomic E-state index is 10.5. The number of anilines is 2. The van der Waals surface area contributed by atoms with E-state index < -0.39 is 4.92 Å². The predicted molar refractivity (Wildman–Crippen MR) is 74.9 cm³/mol. The van der Waals surface area contributed by atoms with Gasteiger partial charge in [0, 0.05) is 18.2 Å². The van der Waals surface area contributed by atoms with Crippen LogP contribution in [0.3, 0.4) is 0 Å². The Balaban J connectivity index is 2.11. The summed E-state index contributed by atoms with van der Waals surface area (Å²) in [7, 11) is 0. The molecule has 0 aromatic heterocycles. The molecule has 7 heteroatoms. The van der Waals surface area contributed by atoms with Gasteiger partial charge >= 0.3 is 0 Å². The normalized spacial score (nSPS) is 10.1. The summed E-state index contributed by atoms with van der Waals surface area (Å²) in [5.41, 5.74) is 7.27. The third-order valence-corrected chi connectivity index (χ3v) is 2.71. The maximum Gasteiger partial charge on any atom is 0.269 e. The summed E-state index contributed by atoms with van der Waals surface area (Å²) in [6.07, 6.45) is 0. The Morgan fingerprint density at radius 3 is 2.30 bits per heavy atom. The van der Waals surface area contributed by atoms with Crippen LogP contribution in [0.4, 0.5) is 17.1 Å². The lowest BCUT2D eigenvalue weighted by Crippen LogP contribution is -2.09. The van der Waals surface area contributed by atoms with Crippen LogP contribution < -0.4 is 10.9 Å². The number of rotatable bonds is 4. The molecule has 0 aliphatic rings. The second kappa shape index (κ2) is 5.35. The Kier molecular flexibility index (Phi) is 3.60. The minimum atomic E-state index is -0.479. The van der Waals surface area contributed by atoms with Crippen molar-refractivity contribution in [3.05, 3.63) is 52.1 Å². The number of nitro benzene ring substituents is 1. The smallest absolute Gasteiger partial charge is 0.269 e. The van der Waals surface area contributed by atoms with Gasteiger partial charge in [0.1, 0.15) is 11.5 Å². The number of benzene rings is 2.